The fourth-order valence-electron chi connectivity index (χ4n) is 2.41. The molecule has 0 heterocycles. The molecule has 3 heteroatoms. The Labute approximate surface area is 123 Å². The molecule has 3 aromatic carbocycles. The molecule has 0 saturated carbocycles. The predicted octanol–water partition coefficient (Wildman–Crippen LogP) is 4.79. The molecule has 0 saturated heterocycles. The topological polar surface area (TPSA) is 35.2 Å². The fourth-order valence-corrected chi connectivity index (χ4v) is 2.41. The summed E-state index contributed by atoms with van der Waals surface area (Å²) < 4.78 is 19.7. The second-order valence-electron chi connectivity index (χ2n) is 5.05. The Morgan fingerprint density at radius 2 is 1.71 bits per heavy atom. The minimum Gasteiger partial charge on any atom is -0.457 e. The van der Waals surface area contributed by atoms with Gasteiger partial charge in [0.15, 0.2) is 0 Å². The normalized spacial score (nSPS) is 12.3. The Hall–Kier alpha value is -2.39. The van der Waals surface area contributed by atoms with Crippen LogP contribution in [0.15, 0.2) is 60.7 Å². The Balaban J connectivity index is 2.00. The smallest absolute Gasteiger partial charge is 0.135 e. The number of rotatable bonds is 3. The van der Waals surface area contributed by atoms with Crippen LogP contribution in [0.3, 0.4) is 0 Å². The number of halogens is 1. The van der Waals surface area contributed by atoms with E-state index < -0.39 is 6.04 Å². The number of nitrogens with two attached hydrogens (primary N) is 1. The maximum atomic E-state index is 13.9. The van der Waals surface area contributed by atoms with E-state index in [1.54, 1.807) is 19.1 Å². The van der Waals surface area contributed by atoms with Gasteiger partial charge in [0, 0.05) is 11.6 Å². The number of hydrogen-bond donors (Lipinski definition) is 1. The molecule has 3 aromatic rings. The lowest BCUT2D eigenvalue weighted by Crippen LogP contribution is -2.09. The second-order valence-corrected chi connectivity index (χ2v) is 5.05. The predicted molar refractivity (Wildman–Crippen MR) is 83.0 cm³/mol. The van der Waals surface area contributed by atoms with Crippen molar-refractivity contribution in [3.63, 3.8) is 0 Å². The van der Waals surface area contributed by atoms with E-state index >= 15 is 0 Å². The molecule has 0 fully saturated rings. The summed E-state index contributed by atoms with van der Waals surface area (Å²) in [6, 6.07) is 18.1. The lowest BCUT2D eigenvalue weighted by Gasteiger charge is -2.14. The van der Waals surface area contributed by atoms with Crippen LogP contribution < -0.4 is 10.5 Å². The highest BCUT2D eigenvalue weighted by Gasteiger charge is 2.14. The first-order valence-electron chi connectivity index (χ1n) is 6.86. The van der Waals surface area contributed by atoms with E-state index in [-0.39, 0.29) is 5.82 Å². The van der Waals surface area contributed by atoms with Gasteiger partial charge in [0.1, 0.15) is 17.3 Å². The molecule has 21 heavy (non-hydrogen) atoms. The molecule has 2 N–H and O–H groups in total. The molecule has 3 rings (SSSR count). The maximum Gasteiger partial charge on any atom is 0.135 e. The molecule has 0 aliphatic rings. The zero-order valence-corrected chi connectivity index (χ0v) is 11.7. The molecule has 1 atom stereocenters. The molecule has 0 aliphatic carbocycles. The van der Waals surface area contributed by atoms with Gasteiger partial charge in [-0.1, -0.05) is 36.4 Å². The zero-order chi connectivity index (χ0) is 14.8. The Bertz CT molecular complexity index is 783. The molecule has 0 aromatic heterocycles. The summed E-state index contributed by atoms with van der Waals surface area (Å²) in [5, 5.41) is 2.21. The van der Waals surface area contributed by atoms with Crippen LogP contribution in [-0.4, -0.2) is 0 Å². The zero-order valence-electron chi connectivity index (χ0n) is 11.7. The van der Waals surface area contributed by atoms with Crippen LogP contribution in [0.4, 0.5) is 4.39 Å². The summed E-state index contributed by atoms with van der Waals surface area (Å²) in [7, 11) is 0. The highest BCUT2D eigenvalue weighted by Crippen LogP contribution is 2.32. The molecule has 2 nitrogen and oxygen atoms in total. The van der Waals surface area contributed by atoms with E-state index in [1.807, 2.05) is 42.5 Å². The molecule has 106 valence electrons. The Morgan fingerprint density at radius 3 is 2.48 bits per heavy atom. The number of hydrogen-bond acceptors (Lipinski definition) is 2. The molecule has 0 bridgehead atoms. The average molecular weight is 281 g/mol. The Morgan fingerprint density at radius 1 is 0.952 bits per heavy atom. The van der Waals surface area contributed by atoms with Gasteiger partial charge in [-0.15, -0.1) is 0 Å². The lowest BCUT2D eigenvalue weighted by atomic mass is 10.1. The summed E-state index contributed by atoms with van der Waals surface area (Å²) in [6.07, 6.45) is 0. The van der Waals surface area contributed by atoms with Crippen molar-refractivity contribution in [2.24, 2.45) is 5.73 Å². The van der Waals surface area contributed by atoms with Crippen molar-refractivity contribution in [3.8, 4) is 11.5 Å². The van der Waals surface area contributed by atoms with Crippen LogP contribution >= 0.6 is 0 Å². The summed E-state index contributed by atoms with van der Waals surface area (Å²) in [5.74, 6) is 0.782. The molecule has 0 radical (unpaired) electrons. The molecular weight excluding hydrogens is 265 g/mol. The van der Waals surface area contributed by atoms with Crippen LogP contribution in [0.5, 0.6) is 11.5 Å². The van der Waals surface area contributed by atoms with Gasteiger partial charge in [0.2, 0.25) is 0 Å². The van der Waals surface area contributed by atoms with Crippen molar-refractivity contribution in [1.29, 1.82) is 0 Å². The van der Waals surface area contributed by atoms with Crippen molar-refractivity contribution in [2.75, 3.05) is 0 Å². The third kappa shape index (κ3) is 2.73. The van der Waals surface area contributed by atoms with E-state index in [9.17, 15) is 4.39 Å². The van der Waals surface area contributed by atoms with Crippen molar-refractivity contribution in [2.45, 2.75) is 13.0 Å². The van der Waals surface area contributed by atoms with Crippen LogP contribution in [0.2, 0.25) is 0 Å². The number of fused-ring (bicyclic) bond motifs is 1. The van der Waals surface area contributed by atoms with Crippen LogP contribution in [-0.2, 0) is 0 Å². The van der Waals surface area contributed by atoms with E-state index in [0.717, 1.165) is 10.8 Å². The first-order valence-corrected chi connectivity index (χ1v) is 6.86. The summed E-state index contributed by atoms with van der Waals surface area (Å²) in [5.41, 5.74) is 6.23. The SMILES string of the molecule is C[C@H](N)c1c(F)cccc1Oc1ccc2ccccc2c1. The van der Waals surface area contributed by atoms with E-state index in [2.05, 4.69) is 0 Å². The quantitative estimate of drug-likeness (QED) is 0.749. The summed E-state index contributed by atoms with van der Waals surface area (Å²) >= 11 is 0. The average Bonchev–Trinajstić information content (AvgIpc) is 2.47. The van der Waals surface area contributed by atoms with Crippen LogP contribution in [0.1, 0.15) is 18.5 Å². The second kappa shape index (κ2) is 5.54. The van der Waals surface area contributed by atoms with Crippen LogP contribution in [0.25, 0.3) is 10.8 Å². The molecule has 0 spiro atoms. The minimum absolute atomic E-state index is 0.344. The third-order valence-corrected chi connectivity index (χ3v) is 3.42. The van der Waals surface area contributed by atoms with Crippen molar-refractivity contribution in [3.05, 3.63) is 72.0 Å². The van der Waals surface area contributed by atoms with Gasteiger partial charge in [0.25, 0.3) is 0 Å². The molecule has 0 aliphatic heterocycles. The van der Waals surface area contributed by atoms with Crippen LogP contribution in [0, 0.1) is 5.82 Å². The summed E-state index contributed by atoms with van der Waals surface area (Å²) in [4.78, 5) is 0. The van der Waals surface area contributed by atoms with E-state index in [1.165, 1.54) is 6.07 Å². The molecular formula is C18H16FNO. The molecule has 0 unspecified atom stereocenters. The molecule has 0 amide bonds. The van der Waals surface area contributed by atoms with Gasteiger partial charge in [-0.3, -0.25) is 0 Å². The highest BCUT2D eigenvalue weighted by atomic mass is 19.1. The monoisotopic (exact) mass is 281 g/mol. The van der Waals surface area contributed by atoms with Gasteiger partial charge in [0.05, 0.1) is 0 Å². The maximum absolute atomic E-state index is 13.9. The Kier molecular flexibility index (Phi) is 3.59. The number of ether oxygens (including phenoxy) is 1. The fraction of sp³-hybridized carbons (Fsp3) is 0.111. The minimum atomic E-state index is -0.429. The summed E-state index contributed by atoms with van der Waals surface area (Å²) in [6.45, 7) is 1.74. The standard InChI is InChI=1S/C18H16FNO/c1-12(20)18-16(19)7-4-8-17(18)21-15-10-9-13-5-2-3-6-14(13)11-15/h2-12H,20H2,1H3/t12-/m0/s1. The van der Waals surface area contributed by atoms with E-state index in [0.29, 0.717) is 17.1 Å². The van der Waals surface area contributed by atoms with Gasteiger partial charge < -0.3 is 10.5 Å². The van der Waals surface area contributed by atoms with Gasteiger partial charge in [-0.25, -0.2) is 4.39 Å². The lowest BCUT2D eigenvalue weighted by molar-refractivity contribution is 0.461. The van der Waals surface area contributed by atoms with Gasteiger partial charge in [-0.05, 0) is 42.0 Å². The van der Waals surface area contributed by atoms with Gasteiger partial charge in [-0.2, -0.15) is 0 Å². The first kappa shape index (κ1) is 13.6. The third-order valence-electron chi connectivity index (χ3n) is 3.42. The van der Waals surface area contributed by atoms with E-state index in [4.69, 9.17) is 10.5 Å². The van der Waals surface area contributed by atoms with Crippen molar-refractivity contribution in [1.82, 2.24) is 0 Å². The highest BCUT2D eigenvalue weighted by molar-refractivity contribution is 5.83. The number of benzene rings is 3. The van der Waals surface area contributed by atoms with Crippen molar-refractivity contribution >= 4 is 10.8 Å². The first-order chi connectivity index (χ1) is 10.1. The van der Waals surface area contributed by atoms with Crippen molar-refractivity contribution < 1.29 is 9.13 Å². The largest absolute Gasteiger partial charge is 0.457 e. The van der Waals surface area contributed by atoms with Gasteiger partial charge >= 0.3 is 0 Å².